The van der Waals surface area contributed by atoms with E-state index in [2.05, 4.69) is 28.1 Å². The van der Waals surface area contributed by atoms with E-state index >= 15 is 0 Å². The van der Waals surface area contributed by atoms with Gasteiger partial charge in [-0.2, -0.15) is 5.10 Å². The normalized spacial score (nSPS) is 23.1. The fraction of sp³-hybridized carbons (Fsp3) is 0.556. The second-order valence-corrected chi connectivity index (χ2v) is 6.78. The van der Waals surface area contributed by atoms with E-state index in [1.807, 2.05) is 29.1 Å². The number of rotatable bonds is 5. The van der Waals surface area contributed by atoms with Crippen molar-refractivity contribution in [2.75, 3.05) is 19.7 Å². The van der Waals surface area contributed by atoms with Gasteiger partial charge in [-0.1, -0.05) is 6.07 Å². The highest BCUT2D eigenvalue weighted by atomic mass is 16.5. The first kappa shape index (κ1) is 15.6. The molecule has 0 N–H and O–H groups in total. The first-order chi connectivity index (χ1) is 11.7. The molecule has 0 radical (unpaired) electrons. The van der Waals surface area contributed by atoms with Crippen LogP contribution in [0.1, 0.15) is 25.3 Å². The van der Waals surface area contributed by atoms with Crippen LogP contribution in [0, 0.1) is 0 Å². The van der Waals surface area contributed by atoms with Gasteiger partial charge in [0.25, 0.3) is 0 Å². The third-order valence-corrected chi connectivity index (χ3v) is 4.81. The SMILES string of the molecule is CCn1cc(CN2CC3(C[C@@H](Oc4ccccn4)CCO3)C2)cn1. The molecule has 2 fully saturated rings. The third kappa shape index (κ3) is 3.30. The predicted molar refractivity (Wildman–Crippen MR) is 89.7 cm³/mol. The largest absolute Gasteiger partial charge is 0.474 e. The lowest BCUT2D eigenvalue weighted by Crippen LogP contribution is -2.65. The Morgan fingerprint density at radius 2 is 2.29 bits per heavy atom. The van der Waals surface area contributed by atoms with Gasteiger partial charge < -0.3 is 9.47 Å². The molecule has 0 unspecified atom stereocenters. The summed E-state index contributed by atoms with van der Waals surface area (Å²) in [6.45, 7) is 6.65. The van der Waals surface area contributed by atoms with E-state index in [1.165, 1.54) is 5.56 Å². The molecule has 1 atom stereocenters. The summed E-state index contributed by atoms with van der Waals surface area (Å²) in [7, 11) is 0. The number of nitrogens with zero attached hydrogens (tertiary/aromatic N) is 4. The number of aromatic nitrogens is 3. The van der Waals surface area contributed by atoms with Gasteiger partial charge in [-0.05, 0) is 13.0 Å². The van der Waals surface area contributed by atoms with Crippen LogP contribution in [0.5, 0.6) is 5.88 Å². The Kier molecular flexibility index (Phi) is 4.24. The molecule has 2 aliphatic heterocycles. The van der Waals surface area contributed by atoms with E-state index < -0.39 is 0 Å². The van der Waals surface area contributed by atoms with Crippen LogP contribution in [-0.2, 0) is 17.8 Å². The Morgan fingerprint density at radius 1 is 1.38 bits per heavy atom. The lowest BCUT2D eigenvalue weighted by Gasteiger charge is -2.53. The van der Waals surface area contributed by atoms with Crippen LogP contribution in [0.4, 0.5) is 0 Å². The monoisotopic (exact) mass is 328 g/mol. The summed E-state index contributed by atoms with van der Waals surface area (Å²) in [5, 5.41) is 4.34. The first-order valence-corrected chi connectivity index (χ1v) is 8.70. The summed E-state index contributed by atoms with van der Waals surface area (Å²) in [6.07, 6.45) is 7.92. The van der Waals surface area contributed by atoms with Crippen molar-refractivity contribution in [3.8, 4) is 5.88 Å². The molecule has 24 heavy (non-hydrogen) atoms. The highest BCUT2D eigenvalue weighted by Gasteiger charge is 2.48. The molecule has 2 aromatic heterocycles. The molecule has 6 nitrogen and oxygen atoms in total. The minimum Gasteiger partial charge on any atom is -0.474 e. The number of hydrogen-bond donors (Lipinski definition) is 0. The Balaban J connectivity index is 1.30. The first-order valence-electron chi connectivity index (χ1n) is 8.70. The maximum absolute atomic E-state index is 6.10. The molecule has 0 amide bonds. The van der Waals surface area contributed by atoms with Crippen molar-refractivity contribution < 1.29 is 9.47 Å². The molecular weight excluding hydrogens is 304 g/mol. The lowest BCUT2D eigenvalue weighted by molar-refractivity contribution is -0.188. The molecule has 0 bridgehead atoms. The van der Waals surface area contributed by atoms with Gasteiger partial charge in [-0.25, -0.2) is 4.98 Å². The summed E-state index contributed by atoms with van der Waals surface area (Å²) in [5.74, 6) is 0.711. The van der Waals surface area contributed by atoms with Crippen molar-refractivity contribution in [1.82, 2.24) is 19.7 Å². The van der Waals surface area contributed by atoms with Crippen LogP contribution in [0.2, 0.25) is 0 Å². The Bertz CT molecular complexity index is 667. The quantitative estimate of drug-likeness (QED) is 0.841. The van der Waals surface area contributed by atoms with Gasteiger partial charge in [0, 0.05) is 63.0 Å². The number of hydrogen-bond acceptors (Lipinski definition) is 5. The zero-order valence-electron chi connectivity index (χ0n) is 14.1. The fourth-order valence-electron chi connectivity index (χ4n) is 3.69. The van der Waals surface area contributed by atoms with Crippen molar-refractivity contribution in [1.29, 1.82) is 0 Å². The Hall–Kier alpha value is -1.92. The van der Waals surface area contributed by atoms with Crippen molar-refractivity contribution >= 4 is 0 Å². The predicted octanol–water partition coefficient (Wildman–Crippen LogP) is 2.11. The topological polar surface area (TPSA) is 52.4 Å². The summed E-state index contributed by atoms with van der Waals surface area (Å²) in [5.41, 5.74) is 1.22. The average molecular weight is 328 g/mol. The maximum Gasteiger partial charge on any atom is 0.213 e. The minimum absolute atomic E-state index is 0.0432. The zero-order valence-corrected chi connectivity index (χ0v) is 14.1. The highest BCUT2D eigenvalue weighted by molar-refractivity contribution is 5.12. The molecule has 128 valence electrons. The summed E-state index contributed by atoms with van der Waals surface area (Å²) in [4.78, 5) is 6.68. The van der Waals surface area contributed by atoms with E-state index in [1.54, 1.807) is 6.20 Å². The Morgan fingerprint density at radius 3 is 3.04 bits per heavy atom. The second-order valence-electron chi connectivity index (χ2n) is 6.78. The molecule has 1 spiro atoms. The van der Waals surface area contributed by atoms with Crippen LogP contribution < -0.4 is 4.74 Å². The molecule has 0 aromatic carbocycles. The third-order valence-electron chi connectivity index (χ3n) is 4.81. The molecule has 2 aromatic rings. The summed E-state index contributed by atoms with van der Waals surface area (Å²) >= 11 is 0. The zero-order chi connectivity index (χ0) is 16.4. The molecule has 0 aliphatic carbocycles. The van der Waals surface area contributed by atoms with Crippen molar-refractivity contribution in [3.63, 3.8) is 0 Å². The van der Waals surface area contributed by atoms with Crippen LogP contribution in [0.15, 0.2) is 36.8 Å². The molecule has 2 saturated heterocycles. The smallest absolute Gasteiger partial charge is 0.213 e. The molecule has 4 heterocycles. The van der Waals surface area contributed by atoms with Gasteiger partial charge >= 0.3 is 0 Å². The lowest BCUT2D eigenvalue weighted by atomic mass is 9.84. The second kappa shape index (κ2) is 6.53. The molecule has 4 rings (SSSR count). The van der Waals surface area contributed by atoms with Gasteiger partial charge in [0.1, 0.15) is 6.10 Å². The molecule has 6 heteroatoms. The van der Waals surface area contributed by atoms with E-state index in [4.69, 9.17) is 9.47 Å². The minimum atomic E-state index is -0.0432. The average Bonchev–Trinajstić information content (AvgIpc) is 3.02. The van der Waals surface area contributed by atoms with Gasteiger partial charge in [0.05, 0.1) is 18.4 Å². The Labute approximate surface area is 142 Å². The van der Waals surface area contributed by atoms with E-state index in [9.17, 15) is 0 Å². The van der Waals surface area contributed by atoms with Gasteiger partial charge in [-0.3, -0.25) is 9.58 Å². The standard InChI is InChI=1S/C18H24N4O2/c1-2-22-12-15(10-20-22)11-21-13-18(14-21)9-16(6-8-23-18)24-17-5-3-4-7-19-17/h3-5,7,10,12,16H,2,6,8-9,11,13-14H2,1H3/t16-/m0/s1. The maximum atomic E-state index is 6.10. The van der Waals surface area contributed by atoms with Gasteiger partial charge in [0.15, 0.2) is 0 Å². The van der Waals surface area contributed by atoms with Crippen molar-refractivity contribution in [2.24, 2.45) is 0 Å². The molecular formula is C18H24N4O2. The number of pyridine rings is 1. The summed E-state index contributed by atoms with van der Waals surface area (Å²) < 4.78 is 14.1. The van der Waals surface area contributed by atoms with Crippen molar-refractivity contribution in [3.05, 3.63) is 42.4 Å². The van der Waals surface area contributed by atoms with Crippen LogP contribution in [-0.4, -0.2) is 51.1 Å². The molecule has 2 aliphatic rings. The molecule has 0 saturated carbocycles. The van der Waals surface area contributed by atoms with Gasteiger partial charge in [0.2, 0.25) is 5.88 Å². The van der Waals surface area contributed by atoms with E-state index in [0.717, 1.165) is 45.6 Å². The number of aryl methyl sites for hydroxylation is 1. The van der Waals surface area contributed by atoms with E-state index in [0.29, 0.717) is 5.88 Å². The van der Waals surface area contributed by atoms with Crippen LogP contribution in [0.25, 0.3) is 0 Å². The van der Waals surface area contributed by atoms with Crippen LogP contribution >= 0.6 is 0 Å². The van der Waals surface area contributed by atoms with Gasteiger partial charge in [-0.15, -0.1) is 0 Å². The van der Waals surface area contributed by atoms with E-state index in [-0.39, 0.29) is 11.7 Å². The number of ether oxygens (including phenoxy) is 2. The summed E-state index contributed by atoms with van der Waals surface area (Å²) in [6, 6.07) is 5.78. The van der Waals surface area contributed by atoms with Crippen molar-refractivity contribution in [2.45, 2.75) is 44.6 Å². The van der Waals surface area contributed by atoms with Crippen LogP contribution in [0.3, 0.4) is 0 Å². The number of likely N-dealkylation sites (tertiary alicyclic amines) is 1. The fourth-order valence-corrected chi connectivity index (χ4v) is 3.69. The highest BCUT2D eigenvalue weighted by Crippen LogP contribution is 2.36.